The van der Waals surface area contributed by atoms with Crippen LogP contribution in [0.15, 0.2) is 48.5 Å². The Bertz CT molecular complexity index is 889. The summed E-state index contributed by atoms with van der Waals surface area (Å²) < 4.78 is 5.20. The number of ether oxygens (including phenoxy) is 1. The molecule has 0 fully saturated rings. The maximum absolute atomic E-state index is 12.4. The van der Waals surface area contributed by atoms with Crippen molar-refractivity contribution in [3.8, 4) is 17.0 Å². The van der Waals surface area contributed by atoms with E-state index in [4.69, 9.17) is 16.3 Å². The number of benzene rings is 2. The Balaban J connectivity index is 1.82. The number of carbonyl (C=O) groups is 1. The topological polar surface area (TPSA) is 67.0 Å². The van der Waals surface area contributed by atoms with Crippen LogP contribution < -0.4 is 10.1 Å². The van der Waals surface area contributed by atoms with Gasteiger partial charge in [0.05, 0.1) is 12.8 Å². The molecule has 3 rings (SSSR count). The summed E-state index contributed by atoms with van der Waals surface area (Å²) in [4.78, 5) is 12.4. The third-order valence-electron chi connectivity index (χ3n) is 3.64. The number of aryl methyl sites for hydroxylation is 1. The zero-order valence-electron chi connectivity index (χ0n) is 13.3. The number of rotatable bonds is 4. The summed E-state index contributed by atoms with van der Waals surface area (Å²) in [6.45, 7) is 1.90. The molecular formula is C18H16ClN3O2. The molecule has 2 N–H and O–H groups in total. The van der Waals surface area contributed by atoms with Crippen LogP contribution in [0.2, 0.25) is 5.02 Å². The maximum atomic E-state index is 12.4. The van der Waals surface area contributed by atoms with Crippen molar-refractivity contribution in [2.24, 2.45) is 0 Å². The minimum Gasteiger partial charge on any atom is -0.497 e. The van der Waals surface area contributed by atoms with E-state index < -0.39 is 0 Å². The van der Waals surface area contributed by atoms with Crippen LogP contribution in [-0.2, 0) is 0 Å². The second-order valence-corrected chi connectivity index (χ2v) is 5.75. The van der Waals surface area contributed by atoms with Crippen molar-refractivity contribution in [2.75, 3.05) is 12.4 Å². The first-order chi connectivity index (χ1) is 11.6. The second-order valence-electron chi connectivity index (χ2n) is 5.31. The fraction of sp³-hybridized carbons (Fsp3) is 0.111. The van der Waals surface area contributed by atoms with E-state index in [1.54, 1.807) is 25.3 Å². The van der Waals surface area contributed by atoms with Gasteiger partial charge in [0.25, 0.3) is 5.91 Å². The van der Waals surface area contributed by atoms with E-state index in [1.165, 1.54) is 0 Å². The van der Waals surface area contributed by atoms with Crippen molar-refractivity contribution in [1.82, 2.24) is 10.2 Å². The first-order valence-electron chi connectivity index (χ1n) is 7.34. The first kappa shape index (κ1) is 16.1. The van der Waals surface area contributed by atoms with Crippen LogP contribution in [0.3, 0.4) is 0 Å². The quantitative estimate of drug-likeness (QED) is 0.743. The van der Waals surface area contributed by atoms with Gasteiger partial charge in [-0.3, -0.25) is 9.89 Å². The highest BCUT2D eigenvalue weighted by molar-refractivity contribution is 6.31. The predicted molar refractivity (Wildman–Crippen MR) is 94.7 cm³/mol. The average molecular weight is 342 g/mol. The largest absolute Gasteiger partial charge is 0.497 e. The van der Waals surface area contributed by atoms with Gasteiger partial charge in [0.15, 0.2) is 0 Å². The van der Waals surface area contributed by atoms with E-state index in [9.17, 15) is 4.79 Å². The van der Waals surface area contributed by atoms with E-state index in [0.29, 0.717) is 22.1 Å². The number of hydrogen-bond acceptors (Lipinski definition) is 3. The molecule has 0 saturated carbocycles. The summed E-state index contributed by atoms with van der Waals surface area (Å²) in [5.41, 5.74) is 3.50. The van der Waals surface area contributed by atoms with E-state index in [0.717, 1.165) is 16.9 Å². The number of anilines is 1. The van der Waals surface area contributed by atoms with Gasteiger partial charge in [-0.1, -0.05) is 29.8 Å². The standard InChI is InChI=1S/C18H16ClN3O2/c1-11-6-7-13(19)9-15(11)20-18(23)17-10-16(21-22-17)12-4-3-5-14(8-12)24-2/h3-10H,1-2H3,(H,20,23)(H,21,22). The molecule has 0 radical (unpaired) electrons. The van der Waals surface area contributed by atoms with Crippen molar-refractivity contribution in [3.05, 3.63) is 64.8 Å². The monoisotopic (exact) mass is 341 g/mol. The molecule has 0 aliphatic carbocycles. The summed E-state index contributed by atoms with van der Waals surface area (Å²) >= 11 is 5.98. The van der Waals surface area contributed by atoms with Gasteiger partial charge in [0.1, 0.15) is 11.4 Å². The highest BCUT2D eigenvalue weighted by Gasteiger charge is 2.13. The highest BCUT2D eigenvalue weighted by Crippen LogP contribution is 2.24. The number of H-pyrrole nitrogens is 1. The number of methoxy groups -OCH3 is 1. The summed E-state index contributed by atoms with van der Waals surface area (Å²) in [6.07, 6.45) is 0. The lowest BCUT2D eigenvalue weighted by molar-refractivity contribution is 0.102. The third kappa shape index (κ3) is 3.41. The molecule has 1 aromatic heterocycles. The minimum absolute atomic E-state index is 0.276. The van der Waals surface area contributed by atoms with Crippen molar-refractivity contribution in [2.45, 2.75) is 6.92 Å². The van der Waals surface area contributed by atoms with Gasteiger partial charge < -0.3 is 10.1 Å². The van der Waals surface area contributed by atoms with E-state index >= 15 is 0 Å². The lowest BCUT2D eigenvalue weighted by Gasteiger charge is -2.07. The Labute approximate surface area is 144 Å². The third-order valence-corrected chi connectivity index (χ3v) is 3.87. The predicted octanol–water partition coefficient (Wildman–Crippen LogP) is 4.30. The van der Waals surface area contributed by atoms with Gasteiger partial charge in [0.2, 0.25) is 0 Å². The lowest BCUT2D eigenvalue weighted by atomic mass is 10.1. The normalized spacial score (nSPS) is 10.5. The maximum Gasteiger partial charge on any atom is 0.273 e. The van der Waals surface area contributed by atoms with Crippen molar-refractivity contribution < 1.29 is 9.53 Å². The van der Waals surface area contributed by atoms with Crippen molar-refractivity contribution in [1.29, 1.82) is 0 Å². The zero-order valence-corrected chi connectivity index (χ0v) is 14.0. The number of aromatic amines is 1. The fourth-order valence-corrected chi connectivity index (χ4v) is 2.46. The summed E-state index contributed by atoms with van der Waals surface area (Å²) in [5.74, 6) is 0.457. The molecular weight excluding hydrogens is 326 g/mol. The molecule has 122 valence electrons. The molecule has 0 aliphatic heterocycles. The molecule has 0 atom stereocenters. The average Bonchev–Trinajstić information content (AvgIpc) is 3.08. The van der Waals surface area contributed by atoms with Crippen LogP contribution in [0.25, 0.3) is 11.3 Å². The van der Waals surface area contributed by atoms with Gasteiger partial charge >= 0.3 is 0 Å². The molecule has 5 nitrogen and oxygen atoms in total. The Morgan fingerprint density at radius 3 is 2.83 bits per heavy atom. The molecule has 0 unspecified atom stereocenters. The molecule has 2 aromatic carbocycles. The number of halogens is 1. The number of carbonyl (C=O) groups excluding carboxylic acids is 1. The molecule has 0 bridgehead atoms. The SMILES string of the molecule is COc1cccc(-c2cc(C(=O)Nc3cc(Cl)ccc3C)[nH]n2)c1. The Morgan fingerprint density at radius 1 is 1.21 bits per heavy atom. The van der Waals surface area contributed by atoms with Gasteiger partial charge in [-0.2, -0.15) is 5.10 Å². The van der Waals surface area contributed by atoms with Gasteiger partial charge in [-0.15, -0.1) is 0 Å². The summed E-state index contributed by atoms with van der Waals surface area (Å²) in [7, 11) is 1.61. The fourth-order valence-electron chi connectivity index (χ4n) is 2.29. The van der Waals surface area contributed by atoms with Gasteiger partial charge in [-0.25, -0.2) is 0 Å². The molecule has 0 aliphatic rings. The molecule has 3 aromatic rings. The van der Waals surface area contributed by atoms with E-state index in [-0.39, 0.29) is 5.91 Å². The number of nitrogens with zero attached hydrogens (tertiary/aromatic N) is 1. The second kappa shape index (κ2) is 6.76. The number of aromatic nitrogens is 2. The number of nitrogens with one attached hydrogen (secondary N) is 2. The Hall–Kier alpha value is -2.79. The van der Waals surface area contributed by atoms with Gasteiger partial charge in [-0.05, 0) is 42.8 Å². The van der Waals surface area contributed by atoms with E-state index in [2.05, 4.69) is 15.5 Å². The molecule has 6 heteroatoms. The van der Waals surface area contributed by atoms with Crippen molar-refractivity contribution in [3.63, 3.8) is 0 Å². The minimum atomic E-state index is -0.276. The smallest absolute Gasteiger partial charge is 0.273 e. The van der Waals surface area contributed by atoms with Crippen LogP contribution in [0.4, 0.5) is 5.69 Å². The molecule has 1 heterocycles. The van der Waals surface area contributed by atoms with Gasteiger partial charge in [0, 0.05) is 16.3 Å². The molecule has 1 amide bonds. The van der Waals surface area contributed by atoms with Crippen LogP contribution in [0.5, 0.6) is 5.75 Å². The zero-order chi connectivity index (χ0) is 17.1. The van der Waals surface area contributed by atoms with Crippen LogP contribution >= 0.6 is 11.6 Å². The van der Waals surface area contributed by atoms with E-state index in [1.807, 2.05) is 37.3 Å². The Morgan fingerprint density at radius 2 is 2.04 bits per heavy atom. The lowest BCUT2D eigenvalue weighted by Crippen LogP contribution is -2.13. The highest BCUT2D eigenvalue weighted by atomic mass is 35.5. The number of hydrogen-bond donors (Lipinski definition) is 2. The van der Waals surface area contributed by atoms with Crippen LogP contribution in [-0.4, -0.2) is 23.2 Å². The summed E-state index contributed by atoms with van der Waals surface area (Å²) in [6, 6.07) is 14.5. The first-order valence-corrected chi connectivity index (χ1v) is 7.72. The van der Waals surface area contributed by atoms with Crippen molar-refractivity contribution >= 4 is 23.2 Å². The molecule has 0 saturated heterocycles. The van der Waals surface area contributed by atoms with Crippen LogP contribution in [0, 0.1) is 6.92 Å². The van der Waals surface area contributed by atoms with Crippen LogP contribution in [0.1, 0.15) is 16.1 Å². The number of amides is 1. The summed E-state index contributed by atoms with van der Waals surface area (Å²) in [5, 5.41) is 10.4. The molecule has 0 spiro atoms. The Kier molecular flexibility index (Phi) is 4.53. The molecule has 24 heavy (non-hydrogen) atoms.